The van der Waals surface area contributed by atoms with Crippen LogP contribution in [-0.2, 0) is 4.74 Å². The first-order valence-electron chi connectivity index (χ1n) is 6.45. The Balaban J connectivity index is 1.68. The zero-order valence-electron chi connectivity index (χ0n) is 10.8. The van der Waals surface area contributed by atoms with Crippen LogP contribution in [0.4, 0.5) is 0 Å². The summed E-state index contributed by atoms with van der Waals surface area (Å²) in [6.07, 6.45) is 1.07. The first-order chi connectivity index (χ1) is 8.75. The molecule has 0 atom stereocenters. The van der Waals surface area contributed by atoms with E-state index < -0.39 is 0 Å². The van der Waals surface area contributed by atoms with Crippen molar-refractivity contribution >= 4 is 22.6 Å². The Labute approximate surface area is 123 Å². The average molecular weight is 361 g/mol. The van der Waals surface area contributed by atoms with E-state index >= 15 is 0 Å². The lowest BCUT2D eigenvalue weighted by atomic mass is 10.2. The van der Waals surface area contributed by atoms with Crippen molar-refractivity contribution in [1.82, 2.24) is 4.90 Å². The normalized spacial score (nSPS) is 16.8. The van der Waals surface area contributed by atoms with Crippen molar-refractivity contribution in [2.24, 2.45) is 0 Å². The fraction of sp³-hybridized carbons (Fsp3) is 0.571. The summed E-state index contributed by atoms with van der Waals surface area (Å²) in [6.45, 7) is 7.85. The van der Waals surface area contributed by atoms with Gasteiger partial charge >= 0.3 is 0 Å². The van der Waals surface area contributed by atoms with Crippen molar-refractivity contribution in [1.29, 1.82) is 0 Å². The number of aryl methyl sites for hydroxylation is 1. The fourth-order valence-corrected chi connectivity index (χ4v) is 2.72. The molecule has 2 rings (SSSR count). The molecule has 1 saturated heterocycles. The smallest absolute Gasteiger partial charge is 0.122 e. The Kier molecular flexibility index (Phi) is 5.72. The van der Waals surface area contributed by atoms with Gasteiger partial charge in [-0.25, -0.2) is 0 Å². The van der Waals surface area contributed by atoms with Crippen LogP contribution in [0.15, 0.2) is 18.2 Å². The Bertz CT molecular complexity index is 378. The van der Waals surface area contributed by atoms with Gasteiger partial charge in [-0.15, -0.1) is 0 Å². The SMILES string of the molecule is Cc1cc(I)ccc1OCCCN1CCOCC1. The zero-order valence-corrected chi connectivity index (χ0v) is 13.0. The zero-order chi connectivity index (χ0) is 12.8. The van der Waals surface area contributed by atoms with Crippen LogP contribution in [-0.4, -0.2) is 44.4 Å². The number of nitrogens with zero attached hydrogens (tertiary/aromatic N) is 1. The van der Waals surface area contributed by atoms with Gasteiger partial charge in [-0.3, -0.25) is 4.90 Å². The summed E-state index contributed by atoms with van der Waals surface area (Å²) in [5.74, 6) is 1.01. The molecule has 4 heteroatoms. The molecule has 100 valence electrons. The van der Waals surface area contributed by atoms with E-state index in [2.05, 4.69) is 52.6 Å². The second-order valence-electron chi connectivity index (χ2n) is 4.57. The maximum Gasteiger partial charge on any atom is 0.122 e. The van der Waals surface area contributed by atoms with E-state index in [1.165, 1.54) is 9.13 Å². The lowest BCUT2D eigenvalue weighted by Crippen LogP contribution is -2.37. The summed E-state index contributed by atoms with van der Waals surface area (Å²) in [4.78, 5) is 2.44. The summed E-state index contributed by atoms with van der Waals surface area (Å²) in [5.41, 5.74) is 1.22. The molecule has 0 amide bonds. The molecule has 0 aliphatic carbocycles. The van der Waals surface area contributed by atoms with Gasteiger partial charge < -0.3 is 9.47 Å². The Morgan fingerprint density at radius 2 is 2.11 bits per heavy atom. The molecule has 1 fully saturated rings. The number of halogens is 1. The molecule has 0 aromatic heterocycles. The van der Waals surface area contributed by atoms with Crippen molar-refractivity contribution in [2.75, 3.05) is 39.5 Å². The first kappa shape index (κ1) is 14.1. The van der Waals surface area contributed by atoms with Crippen LogP contribution in [0, 0.1) is 10.5 Å². The maximum absolute atomic E-state index is 5.82. The molecule has 1 aromatic carbocycles. The highest BCUT2D eigenvalue weighted by atomic mass is 127. The van der Waals surface area contributed by atoms with E-state index in [9.17, 15) is 0 Å². The number of rotatable bonds is 5. The quantitative estimate of drug-likeness (QED) is 0.595. The standard InChI is InChI=1S/C14H20INO2/c1-12-11-13(15)3-4-14(12)18-8-2-5-16-6-9-17-10-7-16/h3-4,11H,2,5-10H2,1H3. The van der Waals surface area contributed by atoms with E-state index in [4.69, 9.17) is 9.47 Å². The lowest BCUT2D eigenvalue weighted by Gasteiger charge is -2.26. The van der Waals surface area contributed by atoms with Gasteiger partial charge in [-0.2, -0.15) is 0 Å². The predicted molar refractivity (Wildman–Crippen MR) is 81.3 cm³/mol. The Morgan fingerprint density at radius 3 is 2.83 bits per heavy atom. The molecule has 0 unspecified atom stereocenters. The summed E-state index contributed by atoms with van der Waals surface area (Å²) in [7, 11) is 0. The summed E-state index contributed by atoms with van der Waals surface area (Å²) < 4.78 is 12.4. The maximum atomic E-state index is 5.82. The van der Waals surface area contributed by atoms with Crippen LogP contribution in [0.2, 0.25) is 0 Å². The molecule has 0 radical (unpaired) electrons. The number of hydrogen-bond donors (Lipinski definition) is 0. The van der Waals surface area contributed by atoms with E-state index in [0.717, 1.165) is 51.6 Å². The molecule has 0 spiro atoms. The largest absolute Gasteiger partial charge is 0.493 e. The van der Waals surface area contributed by atoms with Gasteiger partial charge in [0, 0.05) is 23.2 Å². The number of benzene rings is 1. The molecule has 1 aliphatic heterocycles. The van der Waals surface area contributed by atoms with Gasteiger partial charge in [-0.1, -0.05) is 0 Å². The topological polar surface area (TPSA) is 21.7 Å². The Hall–Kier alpha value is -0.330. The van der Waals surface area contributed by atoms with Crippen molar-refractivity contribution in [3.05, 3.63) is 27.3 Å². The molecule has 1 aromatic rings. The van der Waals surface area contributed by atoms with Gasteiger partial charge in [-0.05, 0) is 59.7 Å². The van der Waals surface area contributed by atoms with Crippen LogP contribution < -0.4 is 4.74 Å². The van der Waals surface area contributed by atoms with Gasteiger partial charge in [0.25, 0.3) is 0 Å². The fourth-order valence-electron chi connectivity index (χ4n) is 2.07. The average Bonchev–Trinajstić information content (AvgIpc) is 2.38. The molecular weight excluding hydrogens is 341 g/mol. The van der Waals surface area contributed by atoms with Crippen LogP contribution in [0.1, 0.15) is 12.0 Å². The third-order valence-electron chi connectivity index (χ3n) is 3.12. The second-order valence-corrected chi connectivity index (χ2v) is 5.81. The molecule has 3 nitrogen and oxygen atoms in total. The minimum Gasteiger partial charge on any atom is -0.493 e. The third kappa shape index (κ3) is 4.40. The molecule has 0 saturated carbocycles. The van der Waals surface area contributed by atoms with Crippen LogP contribution in [0.5, 0.6) is 5.75 Å². The molecular formula is C14H20INO2. The van der Waals surface area contributed by atoms with E-state index in [1.54, 1.807) is 0 Å². The predicted octanol–water partition coefficient (Wildman–Crippen LogP) is 2.70. The summed E-state index contributed by atoms with van der Waals surface area (Å²) in [6, 6.07) is 6.30. The highest BCUT2D eigenvalue weighted by molar-refractivity contribution is 14.1. The number of morpholine rings is 1. The monoisotopic (exact) mass is 361 g/mol. The Morgan fingerprint density at radius 1 is 1.33 bits per heavy atom. The van der Waals surface area contributed by atoms with E-state index in [-0.39, 0.29) is 0 Å². The van der Waals surface area contributed by atoms with Gasteiger partial charge in [0.1, 0.15) is 5.75 Å². The van der Waals surface area contributed by atoms with E-state index in [0.29, 0.717) is 0 Å². The second kappa shape index (κ2) is 7.31. The van der Waals surface area contributed by atoms with Crippen LogP contribution in [0.25, 0.3) is 0 Å². The van der Waals surface area contributed by atoms with Crippen molar-refractivity contribution in [3.63, 3.8) is 0 Å². The lowest BCUT2D eigenvalue weighted by molar-refractivity contribution is 0.0358. The van der Waals surface area contributed by atoms with Crippen molar-refractivity contribution in [2.45, 2.75) is 13.3 Å². The third-order valence-corrected chi connectivity index (χ3v) is 3.79. The highest BCUT2D eigenvalue weighted by Crippen LogP contribution is 2.20. The highest BCUT2D eigenvalue weighted by Gasteiger charge is 2.09. The summed E-state index contributed by atoms with van der Waals surface area (Å²) in [5, 5.41) is 0. The van der Waals surface area contributed by atoms with Gasteiger partial charge in [0.2, 0.25) is 0 Å². The molecule has 1 heterocycles. The van der Waals surface area contributed by atoms with E-state index in [1.807, 2.05) is 0 Å². The minimum absolute atomic E-state index is 0.790. The van der Waals surface area contributed by atoms with Crippen LogP contribution in [0.3, 0.4) is 0 Å². The number of ether oxygens (including phenoxy) is 2. The first-order valence-corrected chi connectivity index (χ1v) is 7.52. The van der Waals surface area contributed by atoms with Crippen molar-refractivity contribution < 1.29 is 9.47 Å². The van der Waals surface area contributed by atoms with Crippen molar-refractivity contribution in [3.8, 4) is 5.75 Å². The van der Waals surface area contributed by atoms with Crippen LogP contribution >= 0.6 is 22.6 Å². The number of hydrogen-bond acceptors (Lipinski definition) is 3. The molecule has 18 heavy (non-hydrogen) atoms. The molecule has 1 aliphatic rings. The molecule has 0 N–H and O–H groups in total. The van der Waals surface area contributed by atoms with Gasteiger partial charge in [0.05, 0.1) is 19.8 Å². The van der Waals surface area contributed by atoms with Gasteiger partial charge in [0.15, 0.2) is 0 Å². The summed E-state index contributed by atoms with van der Waals surface area (Å²) >= 11 is 2.32. The molecule has 0 bridgehead atoms. The minimum atomic E-state index is 0.790.